The standard InChI is InChI=1S/C5H10O3S/c1-4(7-2)8-5(6)3-9/h4,9H,3H2,1-2H3. The Balaban J connectivity index is 3.34. The van der Waals surface area contributed by atoms with Crippen LogP contribution in [0.2, 0.25) is 0 Å². The number of hydrogen-bond donors (Lipinski definition) is 1. The summed E-state index contributed by atoms with van der Waals surface area (Å²) in [4.78, 5) is 10.4. The fourth-order valence-corrected chi connectivity index (χ4v) is 0.345. The Kier molecular flexibility index (Phi) is 4.53. The minimum absolute atomic E-state index is 0.0910. The molecule has 1 unspecified atom stereocenters. The highest BCUT2D eigenvalue weighted by atomic mass is 32.1. The minimum Gasteiger partial charge on any atom is -0.435 e. The van der Waals surface area contributed by atoms with Crippen molar-refractivity contribution in [1.29, 1.82) is 0 Å². The van der Waals surface area contributed by atoms with Crippen LogP contribution >= 0.6 is 12.6 Å². The third-order valence-electron chi connectivity index (χ3n) is 0.758. The largest absolute Gasteiger partial charge is 0.435 e. The van der Waals surface area contributed by atoms with E-state index in [-0.39, 0.29) is 11.7 Å². The van der Waals surface area contributed by atoms with Gasteiger partial charge in [0.05, 0.1) is 5.75 Å². The monoisotopic (exact) mass is 150 g/mol. The van der Waals surface area contributed by atoms with Gasteiger partial charge in [0.25, 0.3) is 0 Å². The Bertz CT molecular complexity index is 94.2. The molecule has 0 rings (SSSR count). The van der Waals surface area contributed by atoms with Crippen LogP contribution in [0.3, 0.4) is 0 Å². The lowest BCUT2D eigenvalue weighted by molar-refractivity contribution is -0.166. The Morgan fingerprint density at radius 3 is 2.67 bits per heavy atom. The van der Waals surface area contributed by atoms with Gasteiger partial charge in [-0.15, -0.1) is 0 Å². The van der Waals surface area contributed by atoms with Crippen LogP contribution in [0.1, 0.15) is 6.92 Å². The molecule has 0 saturated carbocycles. The van der Waals surface area contributed by atoms with Crippen molar-refractivity contribution in [2.75, 3.05) is 12.9 Å². The molecule has 54 valence electrons. The van der Waals surface area contributed by atoms with E-state index in [2.05, 4.69) is 22.1 Å². The zero-order valence-electron chi connectivity index (χ0n) is 5.46. The van der Waals surface area contributed by atoms with E-state index in [0.717, 1.165) is 0 Å². The summed E-state index contributed by atoms with van der Waals surface area (Å²) in [5, 5.41) is 0. The molecule has 0 aromatic heterocycles. The number of esters is 1. The van der Waals surface area contributed by atoms with Crippen molar-refractivity contribution >= 4 is 18.6 Å². The first-order chi connectivity index (χ1) is 4.20. The average molecular weight is 150 g/mol. The number of carbonyl (C=O) groups excluding carboxylic acids is 1. The molecule has 3 nitrogen and oxygen atoms in total. The molecule has 0 radical (unpaired) electrons. The highest BCUT2D eigenvalue weighted by Crippen LogP contribution is 1.91. The van der Waals surface area contributed by atoms with Gasteiger partial charge in [0.2, 0.25) is 0 Å². The van der Waals surface area contributed by atoms with Crippen molar-refractivity contribution < 1.29 is 14.3 Å². The van der Waals surface area contributed by atoms with Crippen LogP contribution in [0.15, 0.2) is 0 Å². The SMILES string of the molecule is COC(C)OC(=O)CS. The zero-order valence-corrected chi connectivity index (χ0v) is 6.35. The van der Waals surface area contributed by atoms with Crippen molar-refractivity contribution in [2.24, 2.45) is 0 Å². The Labute approximate surface area is 59.7 Å². The van der Waals surface area contributed by atoms with Gasteiger partial charge in [-0.1, -0.05) is 0 Å². The molecule has 0 aliphatic rings. The van der Waals surface area contributed by atoms with Crippen LogP contribution < -0.4 is 0 Å². The summed E-state index contributed by atoms with van der Waals surface area (Å²) in [6, 6.07) is 0. The molecule has 0 aromatic rings. The normalized spacial score (nSPS) is 12.8. The molecule has 0 saturated heterocycles. The molecule has 0 aliphatic heterocycles. The quantitative estimate of drug-likeness (QED) is 0.360. The number of carbonyl (C=O) groups is 1. The van der Waals surface area contributed by atoms with Gasteiger partial charge in [-0.3, -0.25) is 4.79 Å². The van der Waals surface area contributed by atoms with Gasteiger partial charge in [0.1, 0.15) is 0 Å². The van der Waals surface area contributed by atoms with Gasteiger partial charge in [-0.2, -0.15) is 12.6 Å². The average Bonchev–Trinajstić information content (AvgIpc) is 1.87. The second kappa shape index (κ2) is 4.64. The maximum atomic E-state index is 10.4. The third kappa shape index (κ3) is 4.29. The van der Waals surface area contributed by atoms with Crippen LogP contribution in [0.25, 0.3) is 0 Å². The lowest BCUT2D eigenvalue weighted by atomic mass is 10.7. The van der Waals surface area contributed by atoms with Crippen LogP contribution in [0.5, 0.6) is 0 Å². The van der Waals surface area contributed by atoms with Crippen molar-refractivity contribution in [1.82, 2.24) is 0 Å². The molecule has 9 heavy (non-hydrogen) atoms. The van der Waals surface area contributed by atoms with Crippen LogP contribution in [0, 0.1) is 0 Å². The lowest BCUT2D eigenvalue weighted by Crippen LogP contribution is -2.16. The summed E-state index contributed by atoms with van der Waals surface area (Å²) in [7, 11) is 1.47. The van der Waals surface area contributed by atoms with Gasteiger partial charge in [0.15, 0.2) is 6.29 Å². The first-order valence-electron chi connectivity index (χ1n) is 2.54. The molecule has 0 aromatic carbocycles. The molecule has 0 heterocycles. The number of ether oxygens (including phenoxy) is 2. The highest BCUT2D eigenvalue weighted by Gasteiger charge is 2.03. The van der Waals surface area contributed by atoms with E-state index in [1.54, 1.807) is 6.92 Å². The fourth-order valence-electron chi connectivity index (χ4n) is 0.270. The van der Waals surface area contributed by atoms with E-state index in [0.29, 0.717) is 0 Å². The predicted octanol–water partition coefficient (Wildman–Crippen LogP) is 0.452. The molecule has 0 amide bonds. The summed E-state index contributed by atoms with van der Waals surface area (Å²) >= 11 is 3.70. The Hall–Kier alpha value is -0.220. The molecule has 4 heteroatoms. The van der Waals surface area contributed by atoms with E-state index in [1.807, 2.05) is 0 Å². The number of rotatable bonds is 3. The van der Waals surface area contributed by atoms with Crippen molar-refractivity contribution in [3.05, 3.63) is 0 Å². The molecule has 0 bridgehead atoms. The number of methoxy groups -OCH3 is 1. The van der Waals surface area contributed by atoms with Crippen molar-refractivity contribution in [3.8, 4) is 0 Å². The van der Waals surface area contributed by atoms with Crippen LogP contribution in [-0.4, -0.2) is 25.1 Å². The van der Waals surface area contributed by atoms with Gasteiger partial charge in [-0.05, 0) is 6.92 Å². The molecule has 0 spiro atoms. The second-order valence-electron chi connectivity index (χ2n) is 1.45. The molecular formula is C5H10O3S. The minimum atomic E-state index is -0.468. The molecule has 1 atom stereocenters. The summed E-state index contributed by atoms with van der Waals surface area (Å²) in [6.45, 7) is 1.64. The molecule has 0 fully saturated rings. The highest BCUT2D eigenvalue weighted by molar-refractivity contribution is 7.81. The number of thiol groups is 1. The van der Waals surface area contributed by atoms with Crippen LogP contribution in [-0.2, 0) is 14.3 Å². The fraction of sp³-hybridized carbons (Fsp3) is 0.800. The van der Waals surface area contributed by atoms with Gasteiger partial charge < -0.3 is 9.47 Å². The smallest absolute Gasteiger partial charge is 0.317 e. The van der Waals surface area contributed by atoms with Gasteiger partial charge >= 0.3 is 5.97 Å². The first kappa shape index (κ1) is 8.78. The Morgan fingerprint density at radius 2 is 2.33 bits per heavy atom. The first-order valence-corrected chi connectivity index (χ1v) is 3.17. The summed E-state index contributed by atoms with van der Waals surface area (Å²) in [5.41, 5.74) is 0. The third-order valence-corrected chi connectivity index (χ3v) is 1.02. The van der Waals surface area contributed by atoms with Crippen molar-refractivity contribution in [3.63, 3.8) is 0 Å². The van der Waals surface area contributed by atoms with Crippen molar-refractivity contribution in [2.45, 2.75) is 13.2 Å². The lowest BCUT2D eigenvalue weighted by Gasteiger charge is -2.08. The van der Waals surface area contributed by atoms with Gasteiger partial charge in [-0.25, -0.2) is 0 Å². The van der Waals surface area contributed by atoms with E-state index >= 15 is 0 Å². The second-order valence-corrected chi connectivity index (χ2v) is 1.77. The summed E-state index contributed by atoms with van der Waals surface area (Å²) < 4.78 is 9.26. The van der Waals surface area contributed by atoms with Gasteiger partial charge in [0, 0.05) is 7.11 Å². The topological polar surface area (TPSA) is 35.5 Å². The number of hydrogen-bond acceptors (Lipinski definition) is 4. The zero-order chi connectivity index (χ0) is 7.28. The molecule has 0 N–H and O–H groups in total. The summed E-state index contributed by atoms with van der Waals surface area (Å²) in [6.07, 6.45) is -0.468. The molecule has 0 aliphatic carbocycles. The summed E-state index contributed by atoms with van der Waals surface area (Å²) in [5.74, 6) is -0.277. The van der Waals surface area contributed by atoms with E-state index < -0.39 is 6.29 Å². The Morgan fingerprint density at radius 1 is 1.78 bits per heavy atom. The van der Waals surface area contributed by atoms with E-state index in [1.165, 1.54) is 7.11 Å². The predicted molar refractivity (Wildman–Crippen MR) is 36.4 cm³/mol. The maximum absolute atomic E-state index is 10.4. The van der Waals surface area contributed by atoms with E-state index in [4.69, 9.17) is 0 Å². The van der Waals surface area contributed by atoms with Crippen LogP contribution in [0.4, 0.5) is 0 Å². The maximum Gasteiger partial charge on any atom is 0.317 e. The van der Waals surface area contributed by atoms with E-state index in [9.17, 15) is 4.79 Å². The molecular weight excluding hydrogens is 140 g/mol.